The van der Waals surface area contributed by atoms with E-state index in [9.17, 15) is 0 Å². The highest BCUT2D eigenvalue weighted by molar-refractivity contribution is 4.73. The van der Waals surface area contributed by atoms with Gasteiger partial charge in [-0.1, -0.05) is 26.7 Å². The van der Waals surface area contributed by atoms with E-state index >= 15 is 0 Å². The molecule has 0 heterocycles. The highest BCUT2D eigenvalue weighted by atomic mass is 15.1. The van der Waals surface area contributed by atoms with E-state index in [1.807, 2.05) is 0 Å². The highest BCUT2D eigenvalue weighted by Gasteiger charge is 2.13. The molecule has 0 amide bonds. The SMILES string of the molecule is CCN(CC)CCNC1CCCC1. The van der Waals surface area contributed by atoms with Crippen molar-refractivity contribution < 1.29 is 0 Å². The van der Waals surface area contributed by atoms with Crippen LogP contribution in [0.25, 0.3) is 0 Å². The molecule has 0 saturated heterocycles. The Morgan fingerprint density at radius 1 is 1.15 bits per heavy atom. The Morgan fingerprint density at radius 3 is 2.31 bits per heavy atom. The van der Waals surface area contributed by atoms with Crippen LogP contribution >= 0.6 is 0 Å². The number of nitrogens with one attached hydrogen (secondary N) is 1. The molecule has 0 aromatic heterocycles. The van der Waals surface area contributed by atoms with Crippen LogP contribution in [0.4, 0.5) is 0 Å². The quantitative estimate of drug-likeness (QED) is 0.678. The maximum absolute atomic E-state index is 3.64. The van der Waals surface area contributed by atoms with Gasteiger partial charge < -0.3 is 10.2 Å². The molecule has 0 spiro atoms. The van der Waals surface area contributed by atoms with Crippen molar-refractivity contribution in [2.24, 2.45) is 0 Å². The fourth-order valence-corrected chi connectivity index (χ4v) is 2.10. The predicted molar refractivity (Wildman–Crippen MR) is 58.0 cm³/mol. The summed E-state index contributed by atoms with van der Waals surface area (Å²) in [5.74, 6) is 0. The van der Waals surface area contributed by atoms with Gasteiger partial charge >= 0.3 is 0 Å². The Hall–Kier alpha value is -0.0800. The summed E-state index contributed by atoms with van der Waals surface area (Å²) >= 11 is 0. The van der Waals surface area contributed by atoms with Crippen molar-refractivity contribution in [3.8, 4) is 0 Å². The molecule has 1 N–H and O–H groups in total. The smallest absolute Gasteiger partial charge is 0.0107 e. The minimum atomic E-state index is 0.829. The number of hydrogen-bond acceptors (Lipinski definition) is 2. The van der Waals surface area contributed by atoms with Crippen LogP contribution in [0.3, 0.4) is 0 Å². The van der Waals surface area contributed by atoms with Crippen LogP contribution in [0.5, 0.6) is 0 Å². The Balaban J connectivity index is 1.98. The Morgan fingerprint density at radius 2 is 1.77 bits per heavy atom. The number of rotatable bonds is 6. The molecule has 0 unspecified atom stereocenters. The molecular formula is C11H24N2. The van der Waals surface area contributed by atoms with Gasteiger partial charge in [-0.3, -0.25) is 0 Å². The number of nitrogens with zero attached hydrogens (tertiary/aromatic N) is 1. The molecule has 0 bridgehead atoms. The van der Waals surface area contributed by atoms with Crippen molar-refractivity contribution in [2.45, 2.75) is 45.6 Å². The molecule has 2 heteroatoms. The molecule has 0 aromatic rings. The van der Waals surface area contributed by atoms with Crippen molar-refractivity contribution in [2.75, 3.05) is 26.2 Å². The molecular weight excluding hydrogens is 160 g/mol. The van der Waals surface area contributed by atoms with Gasteiger partial charge in [-0.05, 0) is 25.9 Å². The van der Waals surface area contributed by atoms with Gasteiger partial charge in [0.2, 0.25) is 0 Å². The van der Waals surface area contributed by atoms with Crippen molar-refractivity contribution in [1.29, 1.82) is 0 Å². The van der Waals surface area contributed by atoms with Crippen molar-refractivity contribution in [3.05, 3.63) is 0 Å². The van der Waals surface area contributed by atoms with Gasteiger partial charge in [0, 0.05) is 19.1 Å². The number of likely N-dealkylation sites (N-methyl/N-ethyl adjacent to an activating group) is 1. The standard InChI is InChI=1S/C11H24N2/c1-3-13(4-2)10-9-12-11-7-5-6-8-11/h11-12H,3-10H2,1-2H3. The summed E-state index contributed by atoms with van der Waals surface area (Å²) < 4.78 is 0. The van der Waals surface area contributed by atoms with Gasteiger partial charge in [0.1, 0.15) is 0 Å². The molecule has 1 saturated carbocycles. The molecule has 0 radical (unpaired) electrons. The van der Waals surface area contributed by atoms with E-state index < -0.39 is 0 Å². The fraction of sp³-hybridized carbons (Fsp3) is 1.00. The van der Waals surface area contributed by atoms with E-state index in [1.54, 1.807) is 0 Å². The average molecular weight is 184 g/mol. The third-order valence-corrected chi connectivity index (χ3v) is 3.11. The zero-order chi connectivity index (χ0) is 9.52. The summed E-state index contributed by atoms with van der Waals surface area (Å²) in [6.45, 7) is 9.22. The fourth-order valence-electron chi connectivity index (χ4n) is 2.10. The first-order valence-electron chi connectivity index (χ1n) is 5.82. The van der Waals surface area contributed by atoms with E-state index in [1.165, 1.54) is 51.9 Å². The van der Waals surface area contributed by atoms with Crippen molar-refractivity contribution in [3.63, 3.8) is 0 Å². The molecule has 1 aliphatic carbocycles. The molecule has 1 aliphatic rings. The first-order valence-corrected chi connectivity index (χ1v) is 5.82. The molecule has 1 rings (SSSR count). The van der Waals surface area contributed by atoms with Gasteiger partial charge in [0.25, 0.3) is 0 Å². The molecule has 2 nitrogen and oxygen atoms in total. The molecule has 0 atom stereocenters. The van der Waals surface area contributed by atoms with Crippen LogP contribution in [0.1, 0.15) is 39.5 Å². The average Bonchev–Trinajstić information content (AvgIpc) is 2.65. The third kappa shape index (κ3) is 4.10. The minimum Gasteiger partial charge on any atom is -0.313 e. The maximum atomic E-state index is 3.64. The van der Waals surface area contributed by atoms with Gasteiger partial charge in [0.15, 0.2) is 0 Å². The van der Waals surface area contributed by atoms with Crippen molar-refractivity contribution >= 4 is 0 Å². The summed E-state index contributed by atoms with van der Waals surface area (Å²) in [5.41, 5.74) is 0. The highest BCUT2D eigenvalue weighted by Crippen LogP contribution is 2.17. The van der Waals surface area contributed by atoms with Crippen LogP contribution in [0, 0.1) is 0 Å². The first-order chi connectivity index (χ1) is 6.36. The van der Waals surface area contributed by atoms with Gasteiger partial charge in [0.05, 0.1) is 0 Å². The van der Waals surface area contributed by atoms with E-state index in [2.05, 4.69) is 24.1 Å². The Labute approximate surface area is 82.7 Å². The van der Waals surface area contributed by atoms with Crippen LogP contribution in [0.15, 0.2) is 0 Å². The molecule has 0 aliphatic heterocycles. The second kappa shape index (κ2) is 6.39. The summed E-state index contributed by atoms with van der Waals surface area (Å²) in [6, 6.07) is 0.829. The topological polar surface area (TPSA) is 15.3 Å². The van der Waals surface area contributed by atoms with Crippen LogP contribution < -0.4 is 5.32 Å². The third-order valence-electron chi connectivity index (χ3n) is 3.11. The zero-order valence-corrected chi connectivity index (χ0v) is 9.18. The largest absolute Gasteiger partial charge is 0.313 e. The first kappa shape index (κ1) is 11.0. The predicted octanol–water partition coefficient (Wildman–Crippen LogP) is 1.86. The Bertz CT molecular complexity index is 113. The van der Waals surface area contributed by atoms with Gasteiger partial charge in [-0.2, -0.15) is 0 Å². The van der Waals surface area contributed by atoms with Crippen LogP contribution in [-0.4, -0.2) is 37.1 Å². The monoisotopic (exact) mass is 184 g/mol. The molecule has 0 aromatic carbocycles. The lowest BCUT2D eigenvalue weighted by molar-refractivity contribution is 0.296. The van der Waals surface area contributed by atoms with E-state index in [0.29, 0.717) is 0 Å². The normalized spacial score (nSPS) is 18.7. The molecule has 78 valence electrons. The zero-order valence-electron chi connectivity index (χ0n) is 9.18. The lowest BCUT2D eigenvalue weighted by atomic mass is 10.2. The summed E-state index contributed by atoms with van der Waals surface area (Å²) in [7, 11) is 0. The second-order valence-electron chi connectivity index (χ2n) is 3.96. The second-order valence-corrected chi connectivity index (χ2v) is 3.96. The summed E-state index contributed by atoms with van der Waals surface area (Å²) in [5, 5.41) is 3.64. The van der Waals surface area contributed by atoms with Crippen LogP contribution in [-0.2, 0) is 0 Å². The van der Waals surface area contributed by atoms with E-state index in [-0.39, 0.29) is 0 Å². The summed E-state index contributed by atoms with van der Waals surface area (Å²) in [6.07, 6.45) is 5.67. The molecule has 13 heavy (non-hydrogen) atoms. The van der Waals surface area contributed by atoms with Gasteiger partial charge in [-0.15, -0.1) is 0 Å². The van der Waals surface area contributed by atoms with Crippen LogP contribution in [0.2, 0.25) is 0 Å². The van der Waals surface area contributed by atoms with Crippen molar-refractivity contribution in [1.82, 2.24) is 10.2 Å². The lowest BCUT2D eigenvalue weighted by Gasteiger charge is -2.19. The Kier molecular flexibility index (Phi) is 5.40. The molecule has 1 fully saturated rings. The van der Waals surface area contributed by atoms with E-state index in [4.69, 9.17) is 0 Å². The maximum Gasteiger partial charge on any atom is 0.0107 e. The minimum absolute atomic E-state index is 0.829. The lowest BCUT2D eigenvalue weighted by Crippen LogP contribution is -2.35. The van der Waals surface area contributed by atoms with Gasteiger partial charge in [-0.25, -0.2) is 0 Å². The van der Waals surface area contributed by atoms with E-state index in [0.717, 1.165) is 6.04 Å². The number of hydrogen-bond donors (Lipinski definition) is 1. The summed E-state index contributed by atoms with van der Waals surface area (Å²) in [4.78, 5) is 2.47.